The molecule has 0 fully saturated rings. The van der Waals surface area contributed by atoms with E-state index < -0.39 is 5.97 Å². The topological polar surface area (TPSA) is 46.5 Å². The first-order valence-electron chi connectivity index (χ1n) is 4.75. The smallest absolute Gasteiger partial charge is 0.373 e. The molecule has 0 aromatic heterocycles. The molecule has 0 saturated carbocycles. The molecule has 76 valence electrons. The number of rotatable bonds is 5. The maximum atomic E-state index is 11.1. The Bertz CT molecular complexity index is 194. The third kappa shape index (κ3) is 3.97. The van der Waals surface area contributed by atoms with E-state index in [4.69, 9.17) is 0 Å². The first-order chi connectivity index (χ1) is 6.17. The lowest BCUT2D eigenvalue weighted by Gasteiger charge is -2.06. The van der Waals surface area contributed by atoms with Gasteiger partial charge in [-0.15, -0.1) is 0 Å². The van der Waals surface area contributed by atoms with E-state index in [1.54, 1.807) is 6.92 Å². The molecular formula is C10H18O3. The Morgan fingerprint density at radius 2 is 1.92 bits per heavy atom. The van der Waals surface area contributed by atoms with E-state index in [1.807, 2.05) is 13.8 Å². The molecule has 0 aliphatic heterocycles. The third-order valence-electron chi connectivity index (χ3n) is 1.78. The minimum absolute atomic E-state index is 0.203. The van der Waals surface area contributed by atoms with Crippen LogP contribution in [0.2, 0.25) is 0 Å². The molecule has 0 unspecified atom stereocenters. The predicted molar refractivity (Wildman–Crippen MR) is 51.5 cm³/mol. The zero-order valence-corrected chi connectivity index (χ0v) is 8.59. The molecule has 0 amide bonds. The van der Waals surface area contributed by atoms with Crippen LogP contribution in [0.3, 0.4) is 0 Å². The fourth-order valence-electron chi connectivity index (χ4n) is 1.11. The monoisotopic (exact) mass is 186 g/mol. The normalized spacial score (nSPS) is 12.2. The molecule has 1 N–H and O–H groups in total. The van der Waals surface area contributed by atoms with Gasteiger partial charge >= 0.3 is 5.97 Å². The summed E-state index contributed by atoms with van der Waals surface area (Å²) in [6.07, 6.45) is 2.37. The summed E-state index contributed by atoms with van der Waals surface area (Å²) in [6, 6.07) is 0. The Morgan fingerprint density at radius 3 is 2.31 bits per heavy atom. The highest BCUT2D eigenvalue weighted by Crippen LogP contribution is 2.14. The van der Waals surface area contributed by atoms with Crippen LogP contribution in [0.15, 0.2) is 11.3 Å². The van der Waals surface area contributed by atoms with Crippen molar-refractivity contribution in [3.8, 4) is 0 Å². The molecule has 0 atom stereocenters. The SMILES string of the molecule is CCCC(CC)=C(O)C(=O)OCC. The van der Waals surface area contributed by atoms with Gasteiger partial charge in [0.1, 0.15) is 0 Å². The van der Waals surface area contributed by atoms with E-state index in [2.05, 4.69) is 4.74 Å². The number of esters is 1. The number of carbonyl (C=O) groups excluding carboxylic acids is 1. The quantitative estimate of drug-likeness (QED) is 0.408. The van der Waals surface area contributed by atoms with E-state index in [-0.39, 0.29) is 5.76 Å². The summed E-state index contributed by atoms with van der Waals surface area (Å²) in [5, 5.41) is 9.44. The molecular weight excluding hydrogens is 168 g/mol. The van der Waals surface area contributed by atoms with Crippen molar-refractivity contribution in [1.29, 1.82) is 0 Å². The van der Waals surface area contributed by atoms with Crippen molar-refractivity contribution < 1.29 is 14.6 Å². The summed E-state index contributed by atoms with van der Waals surface area (Å²) in [5.41, 5.74) is 0.779. The molecule has 0 heterocycles. The van der Waals surface area contributed by atoms with Crippen LogP contribution in [0.25, 0.3) is 0 Å². The maximum absolute atomic E-state index is 11.1. The summed E-state index contributed by atoms with van der Waals surface area (Å²) in [4.78, 5) is 11.1. The number of aliphatic hydroxyl groups is 1. The van der Waals surface area contributed by atoms with Crippen LogP contribution < -0.4 is 0 Å². The first kappa shape index (κ1) is 12.0. The lowest BCUT2D eigenvalue weighted by molar-refractivity contribution is -0.141. The van der Waals surface area contributed by atoms with E-state index in [0.717, 1.165) is 18.4 Å². The van der Waals surface area contributed by atoms with Gasteiger partial charge in [0.05, 0.1) is 6.61 Å². The molecule has 0 bridgehead atoms. The van der Waals surface area contributed by atoms with Crippen molar-refractivity contribution in [3.05, 3.63) is 11.3 Å². The Balaban J connectivity index is 4.43. The summed E-state index contributed by atoms with van der Waals surface area (Å²) in [5.74, 6) is -0.806. The fraction of sp³-hybridized carbons (Fsp3) is 0.700. The standard InChI is InChI=1S/C10H18O3/c1-4-7-8(5-2)9(11)10(12)13-6-3/h11H,4-7H2,1-3H3. The third-order valence-corrected chi connectivity index (χ3v) is 1.78. The van der Waals surface area contributed by atoms with Gasteiger partial charge < -0.3 is 9.84 Å². The molecule has 0 aromatic rings. The Kier molecular flexibility index (Phi) is 6.02. The van der Waals surface area contributed by atoms with Crippen molar-refractivity contribution in [3.63, 3.8) is 0 Å². The average Bonchev–Trinajstić information content (AvgIpc) is 2.13. The summed E-state index contributed by atoms with van der Waals surface area (Å²) in [7, 11) is 0. The zero-order chi connectivity index (χ0) is 10.3. The lowest BCUT2D eigenvalue weighted by atomic mass is 10.1. The number of allylic oxidation sites excluding steroid dienone is 1. The molecule has 0 saturated heterocycles. The second-order valence-corrected chi connectivity index (χ2v) is 2.78. The van der Waals surface area contributed by atoms with E-state index in [9.17, 15) is 9.90 Å². The molecule has 0 spiro atoms. The van der Waals surface area contributed by atoms with E-state index in [0.29, 0.717) is 13.0 Å². The Morgan fingerprint density at radius 1 is 1.31 bits per heavy atom. The minimum Gasteiger partial charge on any atom is -0.502 e. The van der Waals surface area contributed by atoms with Gasteiger partial charge in [-0.1, -0.05) is 20.3 Å². The van der Waals surface area contributed by atoms with Crippen molar-refractivity contribution >= 4 is 5.97 Å². The van der Waals surface area contributed by atoms with Gasteiger partial charge in [-0.3, -0.25) is 0 Å². The highest BCUT2D eigenvalue weighted by molar-refractivity contribution is 5.86. The fourth-order valence-corrected chi connectivity index (χ4v) is 1.11. The van der Waals surface area contributed by atoms with Crippen molar-refractivity contribution in [2.75, 3.05) is 6.61 Å². The van der Waals surface area contributed by atoms with Gasteiger partial charge in [-0.25, -0.2) is 4.79 Å². The van der Waals surface area contributed by atoms with E-state index in [1.165, 1.54) is 0 Å². The van der Waals surface area contributed by atoms with Gasteiger partial charge in [-0.2, -0.15) is 0 Å². The van der Waals surface area contributed by atoms with Crippen LogP contribution in [0.5, 0.6) is 0 Å². The Labute approximate surface area is 79.4 Å². The van der Waals surface area contributed by atoms with Crippen LogP contribution in [-0.4, -0.2) is 17.7 Å². The number of aliphatic hydroxyl groups excluding tert-OH is 1. The van der Waals surface area contributed by atoms with Gasteiger partial charge in [0, 0.05) is 0 Å². The van der Waals surface area contributed by atoms with Crippen LogP contribution in [0.1, 0.15) is 40.0 Å². The largest absolute Gasteiger partial charge is 0.502 e. The molecule has 3 heteroatoms. The van der Waals surface area contributed by atoms with Gasteiger partial charge in [0.2, 0.25) is 5.76 Å². The van der Waals surface area contributed by atoms with E-state index >= 15 is 0 Å². The minimum atomic E-state index is -0.604. The highest BCUT2D eigenvalue weighted by Gasteiger charge is 2.12. The summed E-state index contributed by atoms with van der Waals surface area (Å²) in [6.45, 7) is 5.94. The van der Waals surface area contributed by atoms with Gasteiger partial charge in [-0.05, 0) is 25.3 Å². The summed E-state index contributed by atoms with van der Waals surface area (Å²) < 4.78 is 4.69. The molecule has 3 nitrogen and oxygen atoms in total. The second kappa shape index (κ2) is 6.52. The number of ether oxygens (including phenoxy) is 1. The molecule has 0 aliphatic rings. The van der Waals surface area contributed by atoms with Gasteiger partial charge in [0.15, 0.2) is 0 Å². The van der Waals surface area contributed by atoms with Crippen molar-refractivity contribution in [1.82, 2.24) is 0 Å². The summed E-state index contributed by atoms with van der Waals surface area (Å²) >= 11 is 0. The molecule has 0 radical (unpaired) electrons. The maximum Gasteiger partial charge on any atom is 0.373 e. The zero-order valence-electron chi connectivity index (χ0n) is 8.59. The lowest BCUT2D eigenvalue weighted by Crippen LogP contribution is -2.09. The molecule has 0 aliphatic carbocycles. The van der Waals surface area contributed by atoms with Crippen LogP contribution in [0.4, 0.5) is 0 Å². The van der Waals surface area contributed by atoms with Gasteiger partial charge in [0.25, 0.3) is 0 Å². The van der Waals surface area contributed by atoms with Crippen molar-refractivity contribution in [2.45, 2.75) is 40.0 Å². The number of hydrogen-bond acceptors (Lipinski definition) is 3. The van der Waals surface area contributed by atoms with Crippen LogP contribution >= 0.6 is 0 Å². The average molecular weight is 186 g/mol. The van der Waals surface area contributed by atoms with Crippen LogP contribution in [0, 0.1) is 0 Å². The Hall–Kier alpha value is -0.990. The van der Waals surface area contributed by atoms with Crippen molar-refractivity contribution in [2.24, 2.45) is 0 Å². The number of hydrogen-bond donors (Lipinski definition) is 1. The highest BCUT2D eigenvalue weighted by atomic mass is 16.5. The molecule has 13 heavy (non-hydrogen) atoms. The predicted octanol–water partition coefficient (Wildman–Crippen LogP) is 2.57. The molecule has 0 aromatic carbocycles. The number of carbonyl (C=O) groups is 1. The first-order valence-corrected chi connectivity index (χ1v) is 4.75. The van der Waals surface area contributed by atoms with Crippen LogP contribution in [-0.2, 0) is 9.53 Å². The molecule has 0 rings (SSSR count). The second-order valence-electron chi connectivity index (χ2n) is 2.78.